The van der Waals surface area contributed by atoms with Crippen molar-refractivity contribution in [3.63, 3.8) is 0 Å². The first-order chi connectivity index (χ1) is 10.7. The molecule has 0 aromatic rings. The molecule has 1 unspecified atom stereocenters. The minimum absolute atomic E-state index is 0.500. The van der Waals surface area contributed by atoms with Gasteiger partial charge < -0.3 is 10.2 Å². The Hall–Kier alpha value is -1.03. The van der Waals surface area contributed by atoms with Crippen LogP contribution in [0.5, 0.6) is 0 Å². The quantitative estimate of drug-likeness (QED) is 0.220. The van der Waals surface area contributed by atoms with Gasteiger partial charge >= 0.3 is 6.09 Å². The zero-order valence-corrected chi connectivity index (χ0v) is 14.2. The highest BCUT2D eigenvalue weighted by Gasteiger charge is 2.05. The van der Waals surface area contributed by atoms with Crippen molar-refractivity contribution in [1.29, 1.82) is 0 Å². The van der Waals surface area contributed by atoms with Gasteiger partial charge in [0.05, 0.1) is 0 Å². The van der Waals surface area contributed by atoms with E-state index >= 15 is 0 Å². The van der Waals surface area contributed by atoms with Crippen LogP contribution in [-0.2, 0) is 0 Å². The van der Waals surface area contributed by atoms with Crippen molar-refractivity contribution in [2.45, 2.75) is 96.6 Å². The normalized spacial score (nSPS) is 12.6. The van der Waals surface area contributed by atoms with Crippen LogP contribution in [0.4, 0.5) is 4.79 Å². The molecule has 0 radical (unpaired) electrons. The standard InChI is InChI=1S/C18H35NO3/c1-2-3-4-5-6-7-8-9-10-11-12-13-14-15-16-17(20)19-18(21)22/h9-10,17,19-20H,2-8,11-16H2,1H3,(H,21,22). The van der Waals surface area contributed by atoms with Crippen molar-refractivity contribution >= 4 is 6.09 Å². The Morgan fingerprint density at radius 3 is 1.95 bits per heavy atom. The Kier molecular flexibility index (Phi) is 15.6. The van der Waals surface area contributed by atoms with E-state index in [0.717, 1.165) is 25.7 Å². The van der Waals surface area contributed by atoms with Gasteiger partial charge in [-0.25, -0.2) is 4.79 Å². The molecular weight excluding hydrogens is 278 g/mol. The van der Waals surface area contributed by atoms with Gasteiger partial charge in [0.25, 0.3) is 0 Å². The molecule has 0 aliphatic rings. The largest absolute Gasteiger partial charge is 0.465 e. The van der Waals surface area contributed by atoms with Crippen molar-refractivity contribution in [1.82, 2.24) is 5.32 Å². The van der Waals surface area contributed by atoms with Crippen molar-refractivity contribution in [3.05, 3.63) is 12.2 Å². The molecule has 0 saturated heterocycles. The fourth-order valence-corrected chi connectivity index (χ4v) is 2.45. The number of allylic oxidation sites excluding steroid dienone is 2. The molecular formula is C18H35NO3. The fourth-order valence-electron chi connectivity index (χ4n) is 2.45. The molecule has 0 fully saturated rings. The van der Waals surface area contributed by atoms with Gasteiger partial charge in [0, 0.05) is 0 Å². The van der Waals surface area contributed by atoms with Gasteiger partial charge in [0.2, 0.25) is 0 Å². The molecule has 0 aliphatic carbocycles. The third kappa shape index (κ3) is 17.0. The van der Waals surface area contributed by atoms with E-state index in [9.17, 15) is 9.90 Å². The summed E-state index contributed by atoms with van der Waals surface area (Å²) in [6.45, 7) is 2.25. The summed E-state index contributed by atoms with van der Waals surface area (Å²) in [6, 6.07) is 0. The average Bonchev–Trinajstić information content (AvgIpc) is 2.47. The van der Waals surface area contributed by atoms with E-state index in [1.165, 1.54) is 51.4 Å². The van der Waals surface area contributed by atoms with E-state index < -0.39 is 12.3 Å². The number of nitrogens with one attached hydrogen (secondary N) is 1. The van der Waals surface area contributed by atoms with Crippen LogP contribution in [0, 0.1) is 0 Å². The molecule has 0 rings (SSSR count). The monoisotopic (exact) mass is 313 g/mol. The molecule has 0 aromatic carbocycles. The van der Waals surface area contributed by atoms with Crippen LogP contribution in [-0.4, -0.2) is 22.5 Å². The molecule has 0 aliphatic heterocycles. The Morgan fingerprint density at radius 2 is 1.41 bits per heavy atom. The van der Waals surface area contributed by atoms with Crippen molar-refractivity contribution < 1.29 is 15.0 Å². The Bertz CT molecular complexity index is 280. The molecule has 0 aromatic heterocycles. The highest BCUT2D eigenvalue weighted by Crippen LogP contribution is 2.09. The van der Waals surface area contributed by atoms with Crippen LogP contribution in [0.25, 0.3) is 0 Å². The van der Waals surface area contributed by atoms with Gasteiger partial charge in [-0.05, 0) is 38.5 Å². The van der Waals surface area contributed by atoms with E-state index in [4.69, 9.17) is 5.11 Å². The smallest absolute Gasteiger partial charge is 0.406 e. The molecule has 0 bridgehead atoms. The SMILES string of the molecule is CCCCCCCCC=CCCCCCCC(O)NC(=O)O. The maximum absolute atomic E-state index is 10.3. The number of unbranched alkanes of at least 4 members (excludes halogenated alkanes) is 10. The number of amides is 1. The van der Waals surface area contributed by atoms with Crippen molar-refractivity contribution in [2.75, 3.05) is 0 Å². The van der Waals surface area contributed by atoms with Crippen LogP contribution < -0.4 is 5.32 Å². The molecule has 1 atom stereocenters. The number of hydrogen-bond acceptors (Lipinski definition) is 2. The summed E-state index contributed by atoms with van der Waals surface area (Å²) < 4.78 is 0. The third-order valence-electron chi connectivity index (χ3n) is 3.78. The highest BCUT2D eigenvalue weighted by atomic mass is 16.4. The number of aliphatic hydroxyl groups is 1. The maximum atomic E-state index is 10.3. The lowest BCUT2D eigenvalue weighted by Crippen LogP contribution is -2.33. The predicted octanol–water partition coefficient (Wildman–Crippen LogP) is 5.22. The lowest BCUT2D eigenvalue weighted by atomic mass is 10.1. The summed E-state index contributed by atoms with van der Waals surface area (Å²) >= 11 is 0. The van der Waals surface area contributed by atoms with E-state index in [1.54, 1.807) is 0 Å². The zero-order valence-electron chi connectivity index (χ0n) is 14.2. The second-order valence-electron chi connectivity index (χ2n) is 5.98. The average molecular weight is 313 g/mol. The van der Waals surface area contributed by atoms with E-state index in [0.29, 0.717) is 6.42 Å². The molecule has 130 valence electrons. The zero-order chi connectivity index (χ0) is 16.5. The van der Waals surface area contributed by atoms with E-state index in [1.807, 2.05) is 0 Å². The van der Waals surface area contributed by atoms with Crippen LogP contribution in [0.15, 0.2) is 12.2 Å². The Balaban J connectivity index is 3.19. The highest BCUT2D eigenvalue weighted by molar-refractivity contribution is 5.64. The van der Waals surface area contributed by atoms with Gasteiger partial charge in [0.15, 0.2) is 0 Å². The van der Waals surface area contributed by atoms with E-state index in [2.05, 4.69) is 24.4 Å². The molecule has 3 N–H and O–H groups in total. The predicted molar refractivity (Wildman–Crippen MR) is 92.0 cm³/mol. The van der Waals surface area contributed by atoms with Crippen LogP contribution in [0.3, 0.4) is 0 Å². The molecule has 0 spiro atoms. The van der Waals surface area contributed by atoms with Gasteiger partial charge in [0.1, 0.15) is 6.23 Å². The maximum Gasteiger partial charge on any atom is 0.406 e. The van der Waals surface area contributed by atoms with Gasteiger partial charge in [-0.1, -0.05) is 64.0 Å². The second-order valence-corrected chi connectivity index (χ2v) is 5.98. The van der Waals surface area contributed by atoms with Crippen LogP contribution in [0.1, 0.15) is 90.4 Å². The van der Waals surface area contributed by atoms with Crippen molar-refractivity contribution in [3.8, 4) is 0 Å². The summed E-state index contributed by atoms with van der Waals surface area (Å²) in [5.74, 6) is 0. The summed E-state index contributed by atoms with van der Waals surface area (Å²) in [4.78, 5) is 10.3. The van der Waals surface area contributed by atoms with Crippen molar-refractivity contribution in [2.24, 2.45) is 0 Å². The lowest BCUT2D eigenvalue weighted by molar-refractivity contribution is 0.112. The first-order valence-electron chi connectivity index (χ1n) is 8.99. The number of carboxylic acid groups (broad SMARTS) is 1. The third-order valence-corrected chi connectivity index (χ3v) is 3.78. The molecule has 1 amide bonds. The molecule has 4 heteroatoms. The summed E-state index contributed by atoms with van der Waals surface area (Å²) in [5.41, 5.74) is 0. The van der Waals surface area contributed by atoms with Gasteiger partial charge in [-0.3, -0.25) is 5.32 Å². The summed E-state index contributed by atoms with van der Waals surface area (Å²) in [6.07, 6.45) is 17.7. The molecule has 4 nitrogen and oxygen atoms in total. The summed E-state index contributed by atoms with van der Waals surface area (Å²) in [5, 5.41) is 19.8. The van der Waals surface area contributed by atoms with Gasteiger partial charge in [-0.2, -0.15) is 0 Å². The topological polar surface area (TPSA) is 69.6 Å². The minimum atomic E-state index is -1.16. The van der Waals surface area contributed by atoms with Crippen LogP contribution in [0.2, 0.25) is 0 Å². The molecule has 22 heavy (non-hydrogen) atoms. The number of carbonyl (C=O) groups is 1. The number of rotatable bonds is 15. The first kappa shape index (κ1) is 21.0. The Labute approximate surface area is 136 Å². The second kappa shape index (κ2) is 16.3. The number of hydrogen-bond donors (Lipinski definition) is 3. The summed E-state index contributed by atoms with van der Waals surface area (Å²) in [7, 11) is 0. The van der Waals surface area contributed by atoms with E-state index in [-0.39, 0.29) is 0 Å². The Morgan fingerprint density at radius 1 is 0.909 bits per heavy atom. The number of aliphatic hydroxyl groups excluding tert-OH is 1. The van der Waals surface area contributed by atoms with Gasteiger partial charge in [-0.15, -0.1) is 0 Å². The van der Waals surface area contributed by atoms with Crippen LogP contribution >= 0.6 is 0 Å². The minimum Gasteiger partial charge on any atom is -0.465 e. The molecule has 0 saturated carbocycles. The molecule has 0 heterocycles. The fraction of sp³-hybridized carbons (Fsp3) is 0.833. The first-order valence-corrected chi connectivity index (χ1v) is 8.99. The lowest BCUT2D eigenvalue weighted by Gasteiger charge is -2.09.